The van der Waals surface area contributed by atoms with Crippen LogP contribution in [0, 0.1) is 6.92 Å². The van der Waals surface area contributed by atoms with E-state index >= 15 is 0 Å². The molecule has 0 aromatic heterocycles. The lowest BCUT2D eigenvalue weighted by Crippen LogP contribution is -2.32. The molecule has 0 aliphatic carbocycles. The molecule has 2 rings (SSSR count). The Labute approximate surface area is 134 Å². The second-order valence-electron chi connectivity index (χ2n) is 4.53. The summed E-state index contributed by atoms with van der Waals surface area (Å²) in [6.07, 6.45) is 0. The van der Waals surface area contributed by atoms with E-state index in [-0.39, 0.29) is 12.8 Å². The van der Waals surface area contributed by atoms with Gasteiger partial charge in [-0.2, -0.15) is 0 Å². The van der Waals surface area contributed by atoms with Gasteiger partial charge in [-0.05, 0) is 42.8 Å². The van der Waals surface area contributed by atoms with Crippen molar-refractivity contribution in [1.29, 1.82) is 0 Å². The minimum atomic E-state index is -0.361. The van der Waals surface area contributed by atoms with E-state index < -0.39 is 0 Å². The van der Waals surface area contributed by atoms with E-state index in [9.17, 15) is 4.79 Å². The largest absolute Gasteiger partial charge is 0.493 e. The third-order valence-electron chi connectivity index (χ3n) is 2.97. The summed E-state index contributed by atoms with van der Waals surface area (Å²) in [6.45, 7) is 1.89. The van der Waals surface area contributed by atoms with E-state index in [1.54, 1.807) is 37.4 Å². The Morgan fingerprint density at radius 1 is 1.18 bits per heavy atom. The van der Waals surface area contributed by atoms with Crippen molar-refractivity contribution in [2.75, 3.05) is 19.2 Å². The molecule has 22 heavy (non-hydrogen) atoms. The second kappa shape index (κ2) is 7.56. The Kier molecular flexibility index (Phi) is 5.49. The monoisotopic (exact) mass is 320 g/mol. The lowest BCUT2D eigenvalue weighted by atomic mass is 10.2. The van der Waals surface area contributed by atoms with Crippen LogP contribution in [0.4, 0.5) is 10.5 Å². The van der Waals surface area contributed by atoms with Crippen molar-refractivity contribution in [2.45, 2.75) is 6.92 Å². The van der Waals surface area contributed by atoms with Crippen LogP contribution in [0.5, 0.6) is 11.5 Å². The van der Waals surface area contributed by atoms with E-state index in [1.807, 2.05) is 19.1 Å². The first-order chi connectivity index (χ1) is 10.6. The fraction of sp³-hybridized carbons (Fsp3) is 0.188. The maximum absolute atomic E-state index is 11.8. The summed E-state index contributed by atoms with van der Waals surface area (Å²) >= 11 is 5.87. The molecule has 6 heteroatoms. The normalized spacial score (nSPS) is 9.95. The quantitative estimate of drug-likeness (QED) is 0.823. The van der Waals surface area contributed by atoms with Crippen molar-refractivity contribution in [3.8, 4) is 11.5 Å². The molecule has 0 radical (unpaired) electrons. The highest BCUT2D eigenvalue weighted by Crippen LogP contribution is 2.25. The molecule has 0 saturated heterocycles. The first kappa shape index (κ1) is 16.0. The van der Waals surface area contributed by atoms with E-state index in [0.29, 0.717) is 22.2 Å². The molecule has 2 N–H and O–H groups in total. The summed E-state index contributed by atoms with van der Waals surface area (Å²) in [5.41, 5.74) is 1.58. The van der Waals surface area contributed by atoms with Gasteiger partial charge in [0.25, 0.3) is 0 Å². The van der Waals surface area contributed by atoms with E-state index in [2.05, 4.69) is 10.6 Å². The third-order valence-corrected chi connectivity index (χ3v) is 3.20. The molecule has 116 valence electrons. The minimum Gasteiger partial charge on any atom is -0.493 e. The van der Waals surface area contributed by atoms with Gasteiger partial charge in [0.1, 0.15) is 0 Å². The average Bonchev–Trinajstić information content (AvgIpc) is 2.50. The van der Waals surface area contributed by atoms with Crippen LogP contribution >= 0.6 is 11.6 Å². The van der Waals surface area contributed by atoms with E-state index in [1.165, 1.54) is 0 Å². The van der Waals surface area contributed by atoms with Gasteiger partial charge in [-0.25, -0.2) is 4.79 Å². The fourth-order valence-electron chi connectivity index (χ4n) is 1.85. The van der Waals surface area contributed by atoms with E-state index in [0.717, 1.165) is 5.56 Å². The second-order valence-corrected chi connectivity index (χ2v) is 4.97. The highest BCUT2D eigenvalue weighted by Gasteiger charge is 2.06. The molecule has 0 saturated carbocycles. The zero-order valence-corrected chi connectivity index (χ0v) is 13.1. The van der Waals surface area contributed by atoms with Crippen LogP contribution in [0.2, 0.25) is 5.02 Å². The number of nitrogens with one attached hydrogen (secondary N) is 2. The van der Waals surface area contributed by atoms with Crippen molar-refractivity contribution >= 4 is 23.3 Å². The number of methoxy groups -OCH3 is 1. The number of benzene rings is 2. The van der Waals surface area contributed by atoms with E-state index in [4.69, 9.17) is 21.1 Å². The van der Waals surface area contributed by atoms with Crippen LogP contribution in [-0.2, 0) is 0 Å². The van der Waals surface area contributed by atoms with Crippen LogP contribution in [0.25, 0.3) is 0 Å². The van der Waals surface area contributed by atoms with Crippen LogP contribution in [-0.4, -0.2) is 19.9 Å². The average molecular weight is 321 g/mol. The highest BCUT2D eigenvalue weighted by molar-refractivity contribution is 6.30. The van der Waals surface area contributed by atoms with Crippen molar-refractivity contribution in [2.24, 2.45) is 0 Å². The molecule has 2 amide bonds. The van der Waals surface area contributed by atoms with Crippen molar-refractivity contribution in [3.05, 3.63) is 53.1 Å². The summed E-state index contributed by atoms with van der Waals surface area (Å²) < 4.78 is 10.6. The van der Waals surface area contributed by atoms with Crippen molar-refractivity contribution < 1.29 is 14.3 Å². The molecule has 0 atom stereocenters. The molecule has 2 aromatic rings. The number of carbonyl (C=O) groups excluding carboxylic acids is 1. The van der Waals surface area contributed by atoms with Gasteiger partial charge in [-0.1, -0.05) is 23.7 Å². The number of amides is 2. The molecule has 0 bridgehead atoms. The summed E-state index contributed by atoms with van der Waals surface area (Å²) in [6, 6.07) is 12.1. The SMILES string of the molecule is COc1ccccc1OCNC(=O)Nc1ccc(Cl)cc1C. The van der Waals surface area contributed by atoms with Crippen LogP contribution in [0.1, 0.15) is 5.56 Å². The zero-order valence-electron chi connectivity index (χ0n) is 12.4. The maximum Gasteiger partial charge on any atom is 0.321 e. The molecule has 2 aromatic carbocycles. The number of para-hydroxylation sites is 2. The number of rotatable bonds is 5. The summed E-state index contributed by atoms with van der Waals surface area (Å²) in [5.74, 6) is 1.17. The number of urea groups is 1. The Morgan fingerprint density at radius 2 is 1.91 bits per heavy atom. The summed E-state index contributed by atoms with van der Waals surface area (Å²) in [4.78, 5) is 11.8. The van der Waals surface area contributed by atoms with Gasteiger partial charge in [0.05, 0.1) is 7.11 Å². The highest BCUT2D eigenvalue weighted by atomic mass is 35.5. The molecular weight excluding hydrogens is 304 g/mol. The number of carbonyl (C=O) groups is 1. The Morgan fingerprint density at radius 3 is 2.59 bits per heavy atom. The van der Waals surface area contributed by atoms with Gasteiger partial charge in [-0.15, -0.1) is 0 Å². The Balaban J connectivity index is 1.85. The zero-order chi connectivity index (χ0) is 15.9. The number of halogens is 1. The van der Waals surface area contributed by atoms with Gasteiger partial charge in [0.15, 0.2) is 18.2 Å². The molecular formula is C16H17ClN2O3. The van der Waals surface area contributed by atoms with Crippen molar-refractivity contribution in [1.82, 2.24) is 5.32 Å². The molecule has 0 spiro atoms. The third kappa shape index (κ3) is 4.30. The molecule has 0 unspecified atom stereocenters. The number of hydrogen-bond acceptors (Lipinski definition) is 3. The van der Waals surface area contributed by atoms with Gasteiger partial charge in [0.2, 0.25) is 0 Å². The first-order valence-electron chi connectivity index (χ1n) is 6.67. The standard InChI is InChI=1S/C16H17ClN2O3/c1-11-9-12(17)7-8-13(11)19-16(20)18-10-22-15-6-4-3-5-14(15)21-2/h3-9H,10H2,1-2H3,(H2,18,19,20). The van der Waals surface area contributed by atoms with Gasteiger partial charge < -0.3 is 20.1 Å². The lowest BCUT2D eigenvalue weighted by molar-refractivity contribution is 0.231. The minimum absolute atomic E-state index is 0.0266. The lowest BCUT2D eigenvalue weighted by Gasteiger charge is -2.12. The smallest absolute Gasteiger partial charge is 0.321 e. The fourth-order valence-corrected chi connectivity index (χ4v) is 2.08. The predicted molar refractivity (Wildman–Crippen MR) is 86.8 cm³/mol. The van der Waals surface area contributed by atoms with Crippen LogP contribution in [0.3, 0.4) is 0 Å². The predicted octanol–water partition coefficient (Wildman–Crippen LogP) is 3.82. The summed E-state index contributed by atoms with van der Waals surface area (Å²) in [7, 11) is 1.56. The van der Waals surface area contributed by atoms with Gasteiger partial charge in [0, 0.05) is 10.7 Å². The Bertz CT molecular complexity index is 662. The molecule has 0 fully saturated rings. The van der Waals surface area contributed by atoms with Crippen LogP contribution < -0.4 is 20.1 Å². The summed E-state index contributed by atoms with van der Waals surface area (Å²) in [5, 5.41) is 5.97. The maximum atomic E-state index is 11.8. The van der Waals surface area contributed by atoms with Gasteiger partial charge >= 0.3 is 6.03 Å². The van der Waals surface area contributed by atoms with Gasteiger partial charge in [-0.3, -0.25) is 0 Å². The first-order valence-corrected chi connectivity index (χ1v) is 7.05. The molecule has 0 aliphatic rings. The Hall–Kier alpha value is -2.40. The molecule has 5 nitrogen and oxygen atoms in total. The number of anilines is 1. The number of ether oxygens (including phenoxy) is 2. The van der Waals surface area contributed by atoms with Crippen LogP contribution in [0.15, 0.2) is 42.5 Å². The topological polar surface area (TPSA) is 59.6 Å². The molecule has 0 aliphatic heterocycles. The van der Waals surface area contributed by atoms with Crippen molar-refractivity contribution in [3.63, 3.8) is 0 Å². The molecule has 0 heterocycles. The number of aryl methyl sites for hydroxylation is 1. The number of hydrogen-bond donors (Lipinski definition) is 2.